The summed E-state index contributed by atoms with van der Waals surface area (Å²) in [6, 6.07) is 5.72. The van der Waals surface area contributed by atoms with Crippen molar-refractivity contribution in [3.63, 3.8) is 0 Å². The van der Waals surface area contributed by atoms with Crippen LogP contribution in [0.3, 0.4) is 0 Å². The molecule has 0 spiro atoms. The zero-order valence-electron chi connectivity index (χ0n) is 10.4. The lowest BCUT2D eigenvalue weighted by Gasteiger charge is -2.32. The second-order valence-electron chi connectivity index (χ2n) is 5.20. The number of ether oxygens (including phenoxy) is 1. The summed E-state index contributed by atoms with van der Waals surface area (Å²) in [7, 11) is 0. The summed E-state index contributed by atoms with van der Waals surface area (Å²) in [6.45, 7) is 4.65. The Hall–Kier alpha value is -0.700. The Morgan fingerprint density at radius 2 is 2.00 bits per heavy atom. The van der Waals surface area contributed by atoms with Gasteiger partial charge in [-0.25, -0.2) is 0 Å². The van der Waals surface area contributed by atoms with E-state index in [2.05, 4.69) is 29.8 Å². The van der Waals surface area contributed by atoms with Crippen LogP contribution in [0.1, 0.15) is 33.1 Å². The highest BCUT2D eigenvalue weighted by Crippen LogP contribution is 2.34. The number of benzene rings is 1. The van der Waals surface area contributed by atoms with Crippen LogP contribution in [0.2, 0.25) is 0 Å². The lowest BCUT2D eigenvalue weighted by Crippen LogP contribution is -2.28. The van der Waals surface area contributed by atoms with Crippen molar-refractivity contribution in [2.24, 2.45) is 11.8 Å². The van der Waals surface area contributed by atoms with Gasteiger partial charge >= 0.3 is 0 Å². The first-order valence-corrected chi connectivity index (χ1v) is 7.07. The standard InChI is InChI=1S/C14H20BrNO/c1-9-3-5-12(7-10(9)2)17-14-6-4-11(16)8-13(14)15/h4,6,8-10,12H,3,5,7,16H2,1-2H3. The summed E-state index contributed by atoms with van der Waals surface area (Å²) in [5.74, 6) is 2.48. The fourth-order valence-electron chi connectivity index (χ4n) is 2.40. The molecule has 1 saturated carbocycles. The van der Waals surface area contributed by atoms with E-state index in [1.54, 1.807) is 0 Å². The first-order valence-electron chi connectivity index (χ1n) is 6.28. The molecule has 1 aliphatic rings. The van der Waals surface area contributed by atoms with Gasteiger partial charge in [0.1, 0.15) is 5.75 Å². The molecule has 3 heteroatoms. The average Bonchev–Trinajstić information content (AvgIpc) is 2.27. The fraction of sp³-hybridized carbons (Fsp3) is 0.571. The highest BCUT2D eigenvalue weighted by molar-refractivity contribution is 9.10. The zero-order valence-corrected chi connectivity index (χ0v) is 12.0. The van der Waals surface area contributed by atoms with Gasteiger partial charge in [0.05, 0.1) is 10.6 Å². The van der Waals surface area contributed by atoms with Gasteiger partial charge in [-0.05, 0) is 65.2 Å². The quantitative estimate of drug-likeness (QED) is 0.829. The van der Waals surface area contributed by atoms with Gasteiger partial charge in [-0.15, -0.1) is 0 Å². The van der Waals surface area contributed by atoms with Crippen molar-refractivity contribution in [2.75, 3.05) is 5.73 Å². The Bertz CT molecular complexity index is 394. The number of nitrogens with two attached hydrogens (primary N) is 1. The van der Waals surface area contributed by atoms with E-state index in [9.17, 15) is 0 Å². The minimum absolute atomic E-state index is 0.348. The molecule has 0 amide bonds. The Balaban J connectivity index is 2.01. The minimum Gasteiger partial charge on any atom is -0.489 e. The molecule has 2 N–H and O–H groups in total. The molecule has 2 rings (SSSR count). The van der Waals surface area contributed by atoms with Crippen molar-refractivity contribution >= 4 is 21.6 Å². The fourth-order valence-corrected chi connectivity index (χ4v) is 2.89. The molecule has 3 atom stereocenters. The topological polar surface area (TPSA) is 35.2 Å². The number of nitrogen functional groups attached to an aromatic ring is 1. The van der Waals surface area contributed by atoms with Gasteiger partial charge in [0, 0.05) is 5.69 Å². The maximum Gasteiger partial charge on any atom is 0.134 e. The summed E-state index contributed by atoms with van der Waals surface area (Å²) < 4.78 is 7.01. The van der Waals surface area contributed by atoms with Crippen LogP contribution in [0, 0.1) is 11.8 Å². The smallest absolute Gasteiger partial charge is 0.134 e. The van der Waals surface area contributed by atoms with Crippen LogP contribution in [0.25, 0.3) is 0 Å². The number of hydrogen-bond acceptors (Lipinski definition) is 2. The Labute approximate surface area is 112 Å². The van der Waals surface area contributed by atoms with Crippen molar-refractivity contribution in [2.45, 2.75) is 39.2 Å². The van der Waals surface area contributed by atoms with E-state index in [4.69, 9.17) is 10.5 Å². The highest BCUT2D eigenvalue weighted by Gasteiger charge is 2.26. The maximum atomic E-state index is 6.06. The number of halogens is 1. The predicted molar refractivity (Wildman–Crippen MR) is 75.1 cm³/mol. The van der Waals surface area contributed by atoms with Crippen molar-refractivity contribution in [3.05, 3.63) is 22.7 Å². The Morgan fingerprint density at radius 1 is 1.24 bits per heavy atom. The van der Waals surface area contributed by atoms with E-state index < -0.39 is 0 Å². The van der Waals surface area contributed by atoms with Gasteiger partial charge in [-0.2, -0.15) is 0 Å². The third-order valence-corrected chi connectivity index (χ3v) is 4.42. The van der Waals surface area contributed by atoms with Gasteiger partial charge in [0.2, 0.25) is 0 Å². The van der Waals surface area contributed by atoms with Crippen LogP contribution in [0.5, 0.6) is 5.75 Å². The van der Waals surface area contributed by atoms with E-state index in [1.807, 2.05) is 18.2 Å². The molecule has 0 heterocycles. The molecule has 0 radical (unpaired) electrons. The summed E-state index contributed by atoms with van der Waals surface area (Å²) >= 11 is 3.50. The molecule has 0 bridgehead atoms. The number of hydrogen-bond donors (Lipinski definition) is 1. The zero-order chi connectivity index (χ0) is 12.4. The second kappa shape index (κ2) is 5.30. The molecular formula is C14H20BrNO. The molecule has 1 aromatic rings. The van der Waals surface area contributed by atoms with Crippen LogP contribution in [-0.2, 0) is 0 Å². The third-order valence-electron chi connectivity index (χ3n) is 3.80. The van der Waals surface area contributed by atoms with E-state index in [0.29, 0.717) is 6.10 Å². The monoisotopic (exact) mass is 297 g/mol. The summed E-state index contributed by atoms with van der Waals surface area (Å²) in [5.41, 5.74) is 6.47. The largest absolute Gasteiger partial charge is 0.489 e. The first-order chi connectivity index (χ1) is 8.06. The van der Waals surface area contributed by atoms with Crippen LogP contribution in [-0.4, -0.2) is 6.10 Å². The summed E-state index contributed by atoms with van der Waals surface area (Å²) in [5, 5.41) is 0. The SMILES string of the molecule is CC1CCC(Oc2ccc(N)cc2Br)CC1C. The van der Waals surface area contributed by atoms with Crippen molar-refractivity contribution in [3.8, 4) is 5.75 Å². The molecule has 0 aromatic heterocycles. The Kier molecular flexibility index (Phi) is 3.97. The molecule has 0 saturated heterocycles. The van der Waals surface area contributed by atoms with Gasteiger partial charge in [-0.3, -0.25) is 0 Å². The van der Waals surface area contributed by atoms with Gasteiger partial charge in [0.25, 0.3) is 0 Å². The van der Waals surface area contributed by atoms with Crippen molar-refractivity contribution in [1.82, 2.24) is 0 Å². The summed E-state index contributed by atoms with van der Waals surface area (Å²) in [4.78, 5) is 0. The van der Waals surface area contributed by atoms with E-state index in [0.717, 1.165) is 40.6 Å². The molecule has 3 unspecified atom stereocenters. The van der Waals surface area contributed by atoms with Crippen LogP contribution < -0.4 is 10.5 Å². The molecule has 0 aliphatic heterocycles. The Morgan fingerprint density at radius 3 is 2.65 bits per heavy atom. The number of anilines is 1. The van der Waals surface area contributed by atoms with E-state index >= 15 is 0 Å². The maximum absolute atomic E-state index is 6.06. The molecule has 17 heavy (non-hydrogen) atoms. The van der Waals surface area contributed by atoms with Crippen molar-refractivity contribution < 1.29 is 4.74 Å². The van der Waals surface area contributed by atoms with Crippen molar-refractivity contribution in [1.29, 1.82) is 0 Å². The molecule has 2 nitrogen and oxygen atoms in total. The molecule has 1 fully saturated rings. The molecule has 1 aliphatic carbocycles. The van der Waals surface area contributed by atoms with Gasteiger partial charge in [-0.1, -0.05) is 13.8 Å². The van der Waals surface area contributed by atoms with Gasteiger partial charge in [0.15, 0.2) is 0 Å². The van der Waals surface area contributed by atoms with Crippen LogP contribution >= 0.6 is 15.9 Å². The first kappa shape index (κ1) is 12.7. The number of rotatable bonds is 2. The van der Waals surface area contributed by atoms with Gasteiger partial charge < -0.3 is 10.5 Å². The summed E-state index contributed by atoms with van der Waals surface area (Å²) in [6.07, 6.45) is 3.92. The minimum atomic E-state index is 0.348. The average molecular weight is 298 g/mol. The molecule has 94 valence electrons. The third kappa shape index (κ3) is 3.15. The second-order valence-corrected chi connectivity index (χ2v) is 6.05. The molecular weight excluding hydrogens is 278 g/mol. The van der Waals surface area contributed by atoms with Crippen LogP contribution in [0.15, 0.2) is 22.7 Å². The lowest BCUT2D eigenvalue weighted by atomic mass is 9.80. The molecule has 1 aromatic carbocycles. The van der Waals surface area contributed by atoms with E-state index in [1.165, 1.54) is 6.42 Å². The van der Waals surface area contributed by atoms with Crippen LogP contribution in [0.4, 0.5) is 5.69 Å². The normalized spacial score (nSPS) is 29.0. The highest BCUT2D eigenvalue weighted by atomic mass is 79.9. The van der Waals surface area contributed by atoms with E-state index in [-0.39, 0.29) is 0 Å². The lowest BCUT2D eigenvalue weighted by molar-refractivity contribution is 0.0999. The predicted octanol–water partition coefficient (Wildman–Crippen LogP) is 4.23.